The van der Waals surface area contributed by atoms with Gasteiger partial charge in [0.15, 0.2) is 0 Å². The monoisotopic (exact) mass is 325 g/mol. The minimum atomic E-state index is 0.102. The molecule has 0 bridgehead atoms. The van der Waals surface area contributed by atoms with Crippen molar-refractivity contribution in [1.82, 2.24) is 4.90 Å². The highest BCUT2D eigenvalue weighted by Crippen LogP contribution is 2.41. The highest BCUT2D eigenvalue weighted by molar-refractivity contribution is 5.40. The lowest BCUT2D eigenvalue weighted by molar-refractivity contribution is 0.0642. The summed E-state index contributed by atoms with van der Waals surface area (Å²) in [6, 6.07) is 21.9. The van der Waals surface area contributed by atoms with Gasteiger partial charge < -0.3 is 14.7 Å². The predicted molar refractivity (Wildman–Crippen MR) is 97.2 cm³/mol. The second-order valence-electron chi connectivity index (χ2n) is 6.49. The molecule has 1 N–H and O–H groups in total. The number of nitrogens with zero attached hydrogens (tertiary/aromatic N) is 1. The third kappa shape index (κ3) is 3.86. The second kappa shape index (κ2) is 8.43. The maximum absolute atomic E-state index is 8.79. The summed E-state index contributed by atoms with van der Waals surface area (Å²) in [5.41, 5.74) is 2.96. The van der Waals surface area contributed by atoms with Crippen molar-refractivity contribution in [3.63, 3.8) is 0 Å². The molecule has 1 saturated heterocycles. The summed E-state index contributed by atoms with van der Waals surface area (Å²) in [5, 5.41) is 8.79. The summed E-state index contributed by atoms with van der Waals surface area (Å²) in [7, 11) is 0. The van der Waals surface area contributed by atoms with Gasteiger partial charge in [0, 0.05) is 12.0 Å². The Bertz CT molecular complexity index is 550. The first kappa shape index (κ1) is 17.2. The molecule has 0 aromatic heterocycles. The minimum absolute atomic E-state index is 0.102. The van der Waals surface area contributed by atoms with Crippen LogP contribution >= 0.6 is 0 Å². The van der Waals surface area contributed by atoms with Crippen LogP contribution in [0.3, 0.4) is 0 Å². The predicted octanol–water partition coefficient (Wildman–Crippen LogP) is 3.08. The van der Waals surface area contributed by atoms with Gasteiger partial charge >= 0.3 is 0 Å². The number of likely N-dealkylation sites (tertiary alicyclic amines) is 1. The smallest absolute Gasteiger partial charge is 0.0698 e. The van der Waals surface area contributed by atoms with Gasteiger partial charge in [0.2, 0.25) is 0 Å². The molecule has 2 aromatic carbocycles. The third-order valence-electron chi connectivity index (χ3n) is 5.15. The first-order valence-corrected chi connectivity index (χ1v) is 8.87. The highest BCUT2D eigenvalue weighted by Gasteiger charge is 2.37. The van der Waals surface area contributed by atoms with E-state index in [1.165, 1.54) is 11.1 Å². The molecule has 128 valence electrons. The normalized spacial score (nSPS) is 17.7. The van der Waals surface area contributed by atoms with Gasteiger partial charge in [-0.3, -0.25) is 0 Å². The summed E-state index contributed by atoms with van der Waals surface area (Å²) < 4.78 is 5.42. The van der Waals surface area contributed by atoms with E-state index in [-0.39, 0.29) is 12.0 Å². The average Bonchev–Trinajstić information content (AvgIpc) is 2.67. The van der Waals surface area contributed by atoms with Crippen LogP contribution in [-0.2, 0) is 10.2 Å². The van der Waals surface area contributed by atoms with E-state index in [0.717, 1.165) is 32.5 Å². The minimum Gasteiger partial charge on any atom is -0.394 e. The highest BCUT2D eigenvalue weighted by atomic mass is 16.5. The lowest BCUT2D eigenvalue weighted by atomic mass is 9.68. The van der Waals surface area contributed by atoms with Gasteiger partial charge in [0.05, 0.1) is 19.8 Å². The van der Waals surface area contributed by atoms with Crippen molar-refractivity contribution >= 4 is 0 Å². The molecule has 1 aliphatic rings. The lowest BCUT2D eigenvalue weighted by Crippen LogP contribution is -2.44. The summed E-state index contributed by atoms with van der Waals surface area (Å²) in [5.74, 6) is 0. The van der Waals surface area contributed by atoms with Crippen molar-refractivity contribution in [1.29, 1.82) is 0 Å². The fourth-order valence-corrected chi connectivity index (χ4v) is 3.78. The molecular formula is C21H27NO2. The van der Waals surface area contributed by atoms with Crippen LogP contribution in [0.15, 0.2) is 60.7 Å². The Morgan fingerprint density at radius 3 is 1.88 bits per heavy atom. The zero-order valence-electron chi connectivity index (χ0n) is 14.2. The number of aliphatic hydroxyl groups excluding tert-OH is 1. The van der Waals surface area contributed by atoms with Gasteiger partial charge in [-0.15, -0.1) is 0 Å². The van der Waals surface area contributed by atoms with Crippen molar-refractivity contribution in [2.75, 3.05) is 39.5 Å². The van der Waals surface area contributed by atoms with Crippen molar-refractivity contribution < 1.29 is 9.84 Å². The fourth-order valence-electron chi connectivity index (χ4n) is 3.78. The number of rotatable bonds is 7. The number of hydrogen-bond acceptors (Lipinski definition) is 3. The molecule has 2 aromatic rings. The van der Waals surface area contributed by atoms with Gasteiger partial charge in [-0.05, 0) is 37.1 Å². The molecule has 0 atom stereocenters. The molecule has 1 aliphatic heterocycles. The van der Waals surface area contributed by atoms with Gasteiger partial charge in [-0.25, -0.2) is 0 Å². The zero-order valence-corrected chi connectivity index (χ0v) is 14.2. The SMILES string of the molecule is OCCOCCN1CCC(c2ccccc2)(c2ccccc2)CC1. The Hall–Kier alpha value is -1.68. The quantitative estimate of drug-likeness (QED) is 0.794. The number of ether oxygens (including phenoxy) is 1. The summed E-state index contributed by atoms with van der Waals surface area (Å²) in [4.78, 5) is 2.47. The molecule has 1 fully saturated rings. The van der Waals surface area contributed by atoms with Gasteiger partial charge in [0.1, 0.15) is 0 Å². The molecule has 3 heteroatoms. The Balaban J connectivity index is 1.73. The topological polar surface area (TPSA) is 32.7 Å². The van der Waals surface area contributed by atoms with Crippen LogP contribution in [0.1, 0.15) is 24.0 Å². The van der Waals surface area contributed by atoms with Crippen molar-refractivity contribution in [3.8, 4) is 0 Å². The summed E-state index contributed by atoms with van der Waals surface area (Å²) in [6.07, 6.45) is 2.25. The second-order valence-corrected chi connectivity index (χ2v) is 6.49. The number of benzene rings is 2. The fraction of sp³-hybridized carbons (Fsp3) is 0.429. The molecule has 0 unspecified atom stereocenters. The molecule has 24 heavy (non-hydrogen) atoms. The molecule has 0 aliphatic carbocycles. The van der Waals surface area contributed by atoms with Gasteiger partial charge in [-0.2, -0.15) is 0 Å². The van der Waals surface area contributed by atoms with Crippen LogP contribution in [0, 0.1) is 0 Å². The van der Waals surface area contributed by atoms with Crippen LogP contribution in [-0.4, -0.2) is 49.5 Å². The molecule has 3 rings (SSSR count). The van der Waals surface area contributed by atoms with Crippen LogP contribution in [0.2, 0.25) is 0 Å². The molecule has 0 saturated carbocycles. The Kier molecular flexibility index (Phi) is 6.02. The summed E-state index contributed by atoms with van der Waals surface area (Å²) in [6.45, 7) is 4.33. The Labute approximate surface area is 144 Å². The summed E-state index contributed by atoms with van der Waals surface area (Å²) >= 11 is 0. The van der Waals surface area contributed by atoms with Crippen molar-refractivity contribution in [2.24, 2.45) is 0 Å². The zero-order chi connectivity index (χ0) is 16.7. The number of piperidine rings is 1. The number of hydrogen-bond donors (Lipinski definition) is 1. The maximum atomic E-state index is 8.79. The lowest BCUT2D eigenvalue weighted by Gasteiger charge is -2.43. The largest absolute Gasteiger partial charge is 0.394 e. The molecule has 1 heterocycles. The molecular weight excluding hydrogens is 298 g/mol. The van der Waals surface area contributed by atoms with E-state index >= 15 is 0 Å². The molecule has 0 amide bonds. The Morgan fingerprint density at radius 1 is 0.833 bits per heavy atom. The van der Waals surface area contributed by atoms with Crippen molar-refractivity contribution in [2.45, 2.75) is 18.3 Å². The van der Waals surface area contributed by atoms with E-state index in [4.69, 9.17) is 9.84 Å². The van der Waals surface area contributed by atoms with Crippen molar-refractivity contribution in [3.05, 3.63) is 71.8 Å². The average molecular weight is 325 g/mol. The first-order valence-electron chi connectivity index (χ1n) is 8.87. The number of aliphatic hydroxyl groups is 1. The van der Waals surface area contributed by atoms with E-state index in [2.05, 4.69) is 65.6 Å². The van der Waals surface area contributed by atoms with E-state index in [1.807, 2.05) is 0 Å². The third-order valence-corrected chi connectivity index (χ3v) is 5.15. The van der Waals surface area contributed by atoms with E-state index in [0.29, 0.717) is 13.2 Å². The van der Waals surface area contributed by atoms with E-state index < -0.39 is 0 Å². The first-order chi connectivity index (χ1) is 11.8. The molecule has 3 nitrogen and oxygen atoms in total. The Morgan fingerprint density at radius 2 is 1.38 bits per heavy atom. The molecule has 0 radical (unpaired) electrons. The maximum Gasteiger partial charge on any atom is 0.0698 e. The van der Waals surface area contributed by atoms with Crippen LogP contribution in [0.25, 0.3) is 0 Å². The van der Waals surface area contributed by atoms with Crippen LogP contribution < -0.4 is 0 Å². The van der Waals surface area contributed by atoms with Crippen LogP contribution in [0.4, 0.5) is 0 Å². The van der Waals surface area contributed by atoms with E-state index in [1.54, 1.807) is 0 Å². The van der Waals surface area contributed by atoms with Crippen LogP contribution in [0.5, 0.6) is 0 Å². The molecule has 0 spiro atoms. The van der Waals surface area contributed by atoms with Gasteiger partial charge in [-0.1, -0.05) is 60.7 Å². The van der Waals surface area contributed by atoms with E-state index in [9.17, 15) is 0 Å². The van der Waals surface area contributed by atoms with Gasteiger partial charge in [0.25, 0.3) is 0 Å². The standard InChI is InChI=1S/C21H27NO2/c23-16-18-24-17-15-22-13-11-21(12-14-22,19-7-3-1-4-8-19)20-9-5-2-6-10-20/h1-10,23H,11-18H2.